The molecule has 1 heterocycles. The van der Waals surface area contributed by atoms with Crippen LogP contribution in [0.15, 0.2) is 35.4 Å². The standard InChI is InChI=1S/C12H14N2S/c1-9-12(2,3)11(15)14(13-9)10-7-5-4-6-8-10/h4-8H,1-3H3. The van der Waals surface area contributed by atoms with E-state index < -0.39 is 0 Å². The minimum Gasteiger partial charge on any atom is -0.226 e. The molecule has 0 aliphatic carbocycles. The average Bonchev–Trinajstić information content (AvgIpc) is 2.44. The first-order chi connectivity index (χ1) is 7.03. The largest absolute Gasteiger partial charge is 0.226 e. The van der Waals surface area contributed by atoms with Crippen molar-refractivity contribution < 1.29 is 0 Å². The Kier molecular flexibility index (Phi) is 2.35. The van der Waals surface area contributed by atoms with Crippen LogP contribution < -0.4 is 5.01 Å². The van der Waals surface area contributed by atoms with E-state index in [4.69, 9.17) is 12.2 Å². The fourth-order valence-corrected chi connectivity index (χ4v) is 1.78. The van der Waals surface area contributed by atoms with E-state index in [0.29, 0.717) is 0 Å². The van der Waals surface area contributed by atoms with Gasteiger partial charge in [0.25, 0.3) is 0 Å². The molecule has 0 fully saturated rings. The summed E-state index contributed by atoms with van der Waals surface area (Å²) < 4.78 is 0. The Morgan fingerprint density at radius 1 is 1.20 bits per heavy atom. The molecule has 2 rings (SSSR count). The number of hydrazone groups is 1. The summed E-state index contributed by atoms with van der Waals surface area (Å²) in [4.78, 5) is 0.867. The summed E-state index contributed by atoms with van der Waals surface area (Å²) in [6.45, 7) is 6.24. The van der Waals surface area contributed by atoms with Crippen molar-refractivity contribution >= 4 is 28.6 Å². The second-order valence-electron chi connectivity index (χ2n) is 4.26. The molecule has 0 spiro atoms. The van der Waals surface area contributed by atoms with Gasteiger partial charge in [0, 0.05) is 5.71 Å². The zero-order valence-electron chi connectivity index (χ0n) is 9.19. The van der Waals surface area contributed by atoms with E-state index in [9.17, 15) is 0 Å². The van der Waals surface area contributed by atoms with Crippen LogP contribution in [0.2, 0.25) is 0 Å². The fourth-order valence-electron chi connectivity index (χ4n) is 1.48. The molecule has 0 N–H and O–H groups in total. The van der Waals surface area contributed by atoms with Crippen molar-refractivity contribution in [1.29, 1.82) is 0 Å². The Balaban J connectivity index is 2.40. The first-order valence-electron chi connectivity index (χ1n) is 4.99. The Morgan fingerprint density at radius 2 is 1.80 bits per heavy atom. The molecule has 1 aromatic carbocycles. The maximum atomic E-state index is 5.45. The SMILES string of the molecule is CC1=NN(c2ccccc2)C(=S)C1(C)C. The minimum absolute atomic E-state index is 0.106. The molecule has 2 nitrogen and oxygen atoms in total. The van der Waals surface area contributed by atoms with Crippen molar-refractivity contribution in [2.24, 2.45) is 10.5 Å². The van der Waals surface area contributed by atoms with Gasteiger partial charge < -0.3 is 0 Å². The zero-order chi connectivity index (χ0) is 11.1. The summed E-state index contributed by atoms with van der Waals surface area (Å²) in [5.74, 6) is 0. The maximum absolute atomic E-state index is 5.45. The molecule has 1 aliphatic heterocycles. The van der Waals surface area contributed by atoms with Crippen LogP contribution in [0.1, 0.15) is 20.8 Å². The summed E-state index contributed by atoms with van der Waals surface area (Å²) >= 11 is 5.45. The lowest BCUT2D eigenvalue weighted by Crippen LogP contribution is -2.32. The lowest BCUT2D eigenvalue weighted by molar-refractivity contribution is 0.747. The molecule has 0 aromatic heterocycles. The second kappa shape index (κ2) is 3.42. The Morgan fingerprint density at radius 3 is 2.27 bits per heavy atom. The normalized spacial score (nSPS) is 19.3. The van der Waals surface area contributed by atoms with Gasteiger partial charge in [0.15, 0.2) is 0 Å². The summed E-state index contributed by atoms with van der Waals surface area (Å²) in [6.07, 6.45) is 0. The van der Waals surface area contributed by atoms with E-state index >= 15 is 0 Å². The van der Waals surface area contributed by atoms with Gasteiger partial charge in [0.2, 0.25) is 0 Å². The van der Waals surface area contributed by atoms with Gasteiger partial charge in [-0.15, -0.1) is 0 Å². The monoisotopic (exact) mass is 218 g/mol. The first kappa shape index (κ1) is 10.3. The second-order valence-corrected chi connectivity index (χ2v) is 4.65. The van der Waals surface area contributed by atoms with Crippen molar-refractivity contribution in [1.82, 2.24) is 0 Å². The quantitative estimate of drug-likeness (QED) is 0.672. The smallest absolute Gasteiger partial charge is 0.116 e. The molecule has 0 atom stereocenters. The molecule has 0 saturated heterocycles. The molecule has 1 aromatic rings. The number of anilines is 1. The number of para-hydroxylation sites is 1. The van der Waals surface area contributed by atoms with Gasteiger partial charge in [-0.1, -0.05) is 30.4 Å². The molecule has 0 saturated carbocycles. The minimum atomic E-state index is -0.106. The number of hydrogen-bond donors (Lipinski definition) is 0. The lowest BCUT2D eigenvalue weighted by Gasteiger charge is -2.21. The third kappa shape index (κ3) is 1.57. The summed E-state index contributed by atoms with van der Waals surface area (Å²) in [6, 6.07) is 10.0. The van der Waals surface area contributed by atoms with Crippen molar-refractivity contribution in [2.45, 2.75) is 20.8 Å². The van der Waals surface area contributed by atoms with Gasteiger partial charge in [0.05, 0.1) is 11.1 Å². The Labute approximate surface area is 95.6 Å². The molecule has 3 heteroatoms. The van der Waals surface area contributed by atoms with Crippen molar-refractivity contribution in [3.8, 4) is 0 Å². The van der Waals surface area contributed by atoms with Crippen molar-refractivity contribution in [3.05, 3.63) is 30.3 Å². The van der Waals surface area contributed by atoms with Gasteiger partial charge in [-0.05, 0) is 32.9 Å². The van der Waals surface area contributed by atoms with Crippen molar-refractivity contribution in [3.63, 3.8) is 0 Å². The highest BCUT2D eigenvalue weighted by Crippen LogP contribution is 2.32. The van der Waals surface area contributed by atoms with Crippen LogP contribution in [0.4, 0.5) is 5.69 Å². The van der Waals surface area contributed by atoms with E-state index in [-0.39, 0.29) is 5.41 Å². The van der Waals surface area contributed by atoms with Crippen LogP contribution in [0.5, 0.6) is 0 Å². The molecule has 0 bridgehead atoms. The number of nitrogens with zero attached hydrogens (tertiary/aromatic N) is 2. The van der Waals surface area contributed by atoms with E-state index in [1.165, 1.54) is 0 Å². The van der Waals surface area contributed by atoms with E-state index in [1.54, 1.807) is 0 Å². The molecule has 1 aliphatic rings. The highest BCUT2D eigenvalue weighted by Gasteiger charge is 2.37. The van der Waals surface area contributed by atoms with Gasteiger partial charge in [-0.2, -0.15) is 5.10 Å². The number of thiocarbonyl (C=S) groups is 1. The van der Waals surface area contributed by atoms with Crippen LogP contribution in [0.25, 0.3) is 0 Å². The van der Waals surface area contributed by atoms with Crippen LogP contribution in [0.3, 0.4) is 0 Å². The van der Waals surface area contributed by atoms with Crippen LogP contribution >= 0.6 is 12.2 Å². The topological polar surface area (TPSA) is 15.6 Å². The molecule has 0 radical (unpaired) electrons. The maximum Gasteiger partial charge on any atom is 0.116 e. The van der Waals surface area contributed by atoms with E-state index in [1.807, 2.05) is 42.3 Å². The predicted molar refractivity (Wildman–Crippen MR) is 68.4 cm³/mol. The highest BCUT2D eigenvalue weighted by molar-refractivity contribution is 7.80. The van der Waals surface area contributed by atoms with Crippen molar-refractivity contribution in [2.75, 3.05) is 5.01 Å². The first-order valence-corrected chi connectivity index (χ1v) is 5.39. The third-order valence-electron chi connectivity index (χ3n) is 2.88. The third-order valence-corrected chi connectivity index (χ3v) is 3.57. The van der Waals surface area contributed by atoms with Gasteiger partial charge in [-0.25, -0.2) is 5.01 Å². The molecular formula is C12H14N2S. The Hall–Kier alpha value is -1.22. The van der Waals surface area contributed by atoms with Crippen LogP contribution in [0, 0.1) is 5.41 Å². The highest BCUT2D eigenvalue weighted by atomic mass is 32.1. The van der Waals surface area contributed by atoms with E-state index in [2.05, 4.69) is 18.9 Å². The number of benzene rings is 1. The van der Waals surface area contributed by atoms with Gasteiger partial charge in [0.1, 0.15) is 4.99 Å². The summed E-state index contributed by atoms with van der Waals surface area (Å²) in [5, 5.41) is 6.35. The molecule has 0 amide bonds. The van der Waals surface area contributed by atoms with Gasteiger partial charge >= 0.3 is 0 Å². The zero-order valence-corrected chi connectivity index (χ0v) is 10.0. The number of rotatable bonds is 1. The predicted octanol–water partition coefficient (Wildman–Crippen LogP) is 3.24. The van der Waals surface area contributed by atoms with Crippen LogP contribution in [-0.2, 0) is 0 Å². The van der Waals surface area contributed by atoms with Gasteiger partial charge in [-0.3, -0.25) is 0 Å². The summed E-state index contributed by atoms with van der Waals surface area (Å²) in [5.41, 5.74) is 1.99. The fraction of sp³-hybridized carbons (Fsp3) is 0.333. The van der Waals surface area contributed by atoms with Crippen LogP contribution in [-0.4, -0.2) is 10.7 Å². The summed E-state index contributed by atoms with van der Waals surface area (Å²) in [7, 11) is 0. The lowest BCUT2D eigenvalue weighted by atomic mass is 9.89. The number of hydrogen-bond acceptors (Lipinski definition) is 2. The Bertz CT molecular complexity index is 421. The average molecular weight is 218 g/mol. The molecule has 0 unspecified atom stereocenters. The van der Waals surface area contributed by atoms with E-state index in [0.717, 1.165) is 16.4 Å². The molecule has 15 heavy (non-hydrogen) atoms. The molecular weight excluding hydrogens is 204 g/mol. The molecule has 78 valence electrons.